The van der Waals surface area contributed by atoms with Gasteiger partial charge in [-0.2, -0.15) is 5.10 Å². The van der Waals surface area contributed by atoms with Crippen molar-refractivity contribution < 1.29 is 4.79 Å². The highest BCUT2D eigenvalue weighted by atomic mass is 16.2. The van der Waals surface area contributed by atoms with Crippen LogP contribution in [0.3, 0.4) is 0 Å². The number of hydrogen-bond donors (Lipinski definition) is 2. The molecular formula is C14H22N4O. The maximum absolute atomic E-state index is 11.5. The molecule has 1 heterocycles. The number of carbonyl (C=O) groups is 1. The Kier molecular flexibility index (Phi) is 6.10. The molecule has 104 valence electrons. The minimum Gasteiger partial charge on any atom is -0.344 e. The SMILES string of the molecule is C#CCNC(=O)C(C)NCCCn1nc(C)cc1C. The standard InChI is InChI=1S/C14H22N4O/c1-5-7-16-14(19)13(4)15-8-6-9-18-12(3)10-11(2)17-18/h1,10,13,15H,6-9H2,2-4H3,(H,16,19). The van der Waals surface area contributed by atoms with Crippen molar-refractivity contribution in [1.29, 1.82) is 0 Å². The van der Waals surface area contributed by atoms with Gasteiger partial charge in [0.15, 0.2) is 0 Å². The van der Waals surface area contributed by atoms with Gasteiger partial charge in [0.1, 0.15) is 0 Å². The Hall–Kier alpha value is -1.80. The van der Waals surface area contributed by atoms with E-state index in [2.05, 4.69) is 27.7 Å². The first kappa shape index (κ1) is 15.3. The zero-order chi connectivity index (χ0) is 14.3. The lowest BCUT2D eigenvalue weighted by molar-refractivity contribution is -0.122. The molecule has 5 heteroatoms. The summed E-state index contributed by atoms with van der Waals surface area (Å²) in [5.41, 5.74) is 2.20. The molecule has 0 spiro atoms. The van der Waals surface area contributed by atoms with E-state index in [4.69, 9.17) is 6.42 Å². The minimum atomic E-state index is -0.228. The summed E-state index contributed by atoms with van der Waals surface area (Å²) in [7, 11) is 0. The van der Waals surface area contributed by atoms with Gasteiger partial charge in [-0.05, 0) is 39.8 Å². The van der Waals surface area contributed by atoms with Crippen LogP contribution in [0.2, 0.25) is 0 Å². The van der Waals surface area contributed by atoms with E-state index in [1.807, 2.05) is 25.5 Å². The van der Waals surface area contributed by atoms with Gasteiger partial charge in [0.25, 0.3) is 0 Å². The number of aromatic nitrogens is 2. The number of amides is 1. The van der Waals surface area contributed by atoms with Crippen LogP contribution in [0.5, 0.6) is 0 Å². The molecule has 5 nitrogen and oxygen atoms in total. The van der Waals surface area contributed by atoms with E-state index in [9.17, 15) is 4.79 Å². The van der Waals surface area contributed by atoms with Gasteiger partial charge in [0, 0.05) is 12.2 Å². The van der Waals surface area contributed by atoms with Crippen LogP contribution in [0.4, 0.5) is 0 Å². The summed E-state index contributed by atoms with van der Waals surface area (Å²) in [5, 5.41) is 10.2. The molecule has 0 aliphatic rings. The lowest BCUT2D eigenvalue weighted by Crippen LogP contribution is -2.42. The second-order valence-corrected chi connectivity index (χ2v) is 4.60. The molecule has 1 unspecified atom stereocenters. The van der Waals surface area contributed by atoms with Gasteiger partial charge in [-0.1, -0.05) is 5.92 Å². The zero-order valence-electron chi connectivity index (χ0n) is 11.9. The fourth-order valence-corrected chi connectivity index (χ4v) is 1.83. The molecule has 0 aliphatic heterocycles. The number of nitrogens with zero attached hydrogens (tertiary/aromatic N) is 2. The van der Waals surface area contributed by atoms with Crippen molar-refractivity contribution in [3.8, 4) is 12.3 Å². The number of carbonyl (C=O) groups excluding carboxylic acids is 1. The Balaban J connectivity index is 2.22. The van der Waals surface area contributed by atoms with Crippen LogP contribution >= 0.6 is 0 Å². The van der Waals surface area contributed by atoms with E-state index < -0.39 is 0 Å². The molecule has 0 saturated heterocycles. The molecule has 19 heavy (non-hydrogen) atoms. The van der Waals surface area contributed by atoms with Crippen molar-refractivity contribution in [2.45, 2.75) is 39.8 Å². The molecular weight excluding hydrogens is 240 g/mol. The van der Waals surface area contributed by atoms with Gasteiger partial charge in [-0.15, -0.1) is 6.42 Å². The Morgan fingerprint density at radius 2 is 2.32 bits per heavy atom. The molecule has 1 aromatic heterocycles. The topological polar surface area (TPSA) is 59.0 Å². The fourth-order valence-electron chi connectivity index (χ4n) is 1.83. The summed E-state index contributed by atoms with van der Waals surface area (Å²) in [6.07, 6.45) is 6.01. The van der Waals surface area contributed by atoms with Crippen molar-refractivity contribution in [2.24, 2.45) is 0 Å². The number of terminal acetylenes is 1. The average Bonchev–Trinajstić information content (AvgIpc) is 2.69. The minimum absolute atomic E-state index is 0.0657. The van der Waals surface area contributed by atoms with Gasteiger partial charge >= 0.3 is 0 Å². The Morgan fingerprint density at radius 3 is 2.89 bits per heavy atom. The molecule has 0 fully saturated rings. The maximum Gasteiger partial charge on any atom is 0.237 e. The van der Waals surface area contributed by atoms with Crippen LogP contribution in [-0.4, -0.2) is 34.8 Å². The van der Waals surface area contributed by atoms with Crippen molar-refractivity contribution in [3.63, 3.8) is 0 Å². The summed E-state index contributed by atoms with van der Waals surface area (Å²) in [6.45, 7) is 7.75. The normalized spacial score (nSPS) is 11.9. The fraction of sp³-hybridized carbons (Fsp3) is 0.571. The summed E-state index contributed by atoms with van der Waals surface area (Å²) in [4.78, 5) is 11.5. The quantitative estimate of drug-likeness (QED) is 0.559. The largest absolute Gasteiger partial charge is 0.344 e. The third-order valence-electron chi connectivity index (χ3n) is 2.86. The van der Waals surface area contributed by atoms with Gasteiger partial charge in [-0.3, -0.25) is 9.48 Å². The lowest BCUT2D eigenvalue weighted by Gasteiger charge is -2.13. The average molecular weight is 262 g/mol. The Morgan fingerprint density at radius 1 is 1.58 bits per heavy atom. The van der Waals surface area contributed by atoms with E-state index in [0.29, 0.717) is 0 Å². The van der Waals surface area contributed by atoms with Crippen molar-refractivity contribution >= 4 is 5.91 Å². The summed E-state index contributed by atoms with van der Waals surface area (Å²) < 4.78 is 1.99. The van der Waals surface area contributed by atoms with Crippen molar-refractivity contribution in [3.05, 3.63) is 17.5 Å². The third-order valence-corrected chi connectivity index (χ3v) is 2.86. The number of rotatable bonds is 7. The van der Waals surface area contributed by atoms with Crippen LogP contribution in [-0.2, 0) is 11.3 Å². The van der Waals surface area contributed by atoms with Crippen LogP contribution in [0.25, 0.3) is 0 Å². The highest BCUT2D eigenvalue weighted by molar-refractivity contribution is 5.81. The van der Waals surface area contributed by atoms with Gasteiger partial charge < -0.3 is 10.6 Å². The molecule has 0 bridgehead atoms. The van der Waals surface area contributed by atoms with E-state index in [0.717, 1.165) is 30.9 Å². The smallest absolute Gasteiger partial charge is 0.237 e. The number of hydrogen-bond acceptors (Lipinski definition) is 3. The first-order chi connectivity index (χ1) is 9.04. The van der Waals surface area contributed by atoms with Crippen LogP contribution < -0.4 is 10.6 Å². The first-order valence-electron chi connectivity index (χ1n) is 6.50. The highest BCUT2D eigenvalue weighted by Gasteiger charge is 2.10. The molecule has 2 N–H and O–H groups in total. The van der Waals surface area contributed by atoms with Crippen LogP contribution in [0.1, 0.15) is 24.7 Å². The monoisotopic (exact) mass is 262 g/mol. The molecule has 1 rings (SSSR count). The number of nitrogens with one attached hydrogen (secondary N) is 2. The lowest BCUT2D eigenvalue weighted by atomic mass is 10.3. The Labute approximate surface area is 114 Å². The summed E-state index contributed by atoms with van der Waals surface area (Å²) >= 11 is 0. The molecule has 0 aliphatic carbocycles. The zero-order valence-corrected chi connectivity index (χ0v) is 11.9. The Bertz CT molecular complexity index is 459. The van der Waals surface area contributed by atoms with Crippen molar-refractivity contribution in [2.75, 3.05) is 13.1 Å². The van der Waals surface area contributed by atoms with E-state index in [1.165, 1.54) is 0 Å². The maximum atomic E-state index is 11.5. The van der Waals surface area contributed by atoms with Crippen LogP contribution in [0.15, 0.2) is 6.07 Å². The molecule has 1 amide bonds. The molecule has 0 saturated carbocycles. The van der Waals surface area contributed by atoms with Crippen LogP contribution in [0, 0.1) is 26.2 Å². The second kappa shape index (κ2) is 7.59. The highest BCUT2D eigenvalue weighted by Crippen LogP contribution is 2.02. The van der Waals surface area contributed by atoms with E-state index in [1.54, 1.807) is 0 Å². The second-order valence-electron chi connectivity index (χ2n) is 4.60. The molecule has 1 atom stereocenters. The molecule has 0 aromatic carbocycles. The predicted molar refractivity (Wildman–Crippen MR) is 75.6 cm³/mol. The summed E-state index contributed by atoms with van der Waals surface area (Å²) in [6, 6.07) is 1.83. The third kappa shape index (κ3) is 5.14. The van der Waals surface area contributed by atoms with E-state index >= 15 is 0 Å². The number of aryl methyl sites for hydroxylation is 3. The summed E-state index contributed by atoms with van der Waals surface area (Å²) in [5.74, 6) is 2.31. The molecule has 1 aromatic rings. The van der Waals surface area contributed by atoms with Gasteiger partial charge in [-0.25, -0.2) is 0 Å². The van der Waals surface area contributed by atoms with Gasteiger partial charge in [0.2, 0.25) is 5.91 Å². The van der Waals surface area contributed by atoms with Gasteiger partial charge in [0.05, 0.1) is 18.3 Å². The predicted octanol–water partition coefficient (Wildman–Crippen LogP) is 0.618. The van der Waals surface area contributed by atoms with Crippen molar-refractivity contribution in [1.82, 2.24) is 20.4 Å². The molecule has 0 radical (unpaired) electrons. The first-order valence-corrected chi connectivity index (χ1v) is 6.50. The van der Waals surface area contributed by atoms with E-state index in [-0.39, 0.29) is 18.5 Å².